The van der Waals surface area contributed by atoms with Gasteiger partial charge in [0.25, 0.3) is 0 Å². The molecule has 0 aliphatic rings. The molecule has 1 aromatic heterocycles. The molecule has 0 bridgehead atoms. The quantitative estimate of drug-likeness (QED) is 0.860. The summed E-state index contributed by atoms with van der Waals surface area (Å²) in [5, 5.41) is 14.5. The van der Waals surface area contributed by atoms with E-state index in [1.807, 2.05) is 40.0 Å². The van der Waals surface area contributed by atoms with Crippen molar-refractivity contribution in [1.29, 1.82) is 0 Å². The first-order valence-electron chi connectivity index (χ1n) is 5.74. The fourth-order valence-corrected chi connectivity index (χ4v) is 2.13. The number of hydrogen-bond donors (Lipinski definition) is 1. The monoisotopic (exact) mass is 230 g/mol. The lowest BCUT2D eigenvalue weighted by Crippen LogP contribution is -2.03. The minimum atomic E-state index is -0.595. The van der Waals surface area contributed by atoms with Crippen molar-refractivity contribution in [3.05, 3.63) is 52.3 Å². The Hall–Kier alpha value is -1.61. The van der Waals surface area contributed by atoms with Gasteiger partial charge in [0, 0.05) is 18.3 Å². The average molecular weight is 230 g/mol. The lowest BCUT2D eigenvalue weighted by molar-refractivity contribution is 0.219. The summed E-state index contributed by atoms with van der Waals surface area (Å²) < 4.78 is 1.78. The third-order valence-electron chi connectivity index (χ3n) is 3.13. The molecule has 1 atom stereocenters. The Kier molecular flexibility index (Phi) is 3.03. The van der Waals surface area contributed by atoms with Crippen LogP contribution in [0.4, 0.5) is 0 Å². The molecule has 3 nitrogen and oxygen atoms in total. The number of nitrogens with zero attached hydrogens (tertiary/aromatic N) is 2. The van der Waals surface area contributed by atoms with Gasteiger partial charge in [-0.1, -0.05) is 29.3 Å². The molecule has 0 saturated heterocycles. The van der Waals surface area contributed by atoms with Crippen molar-refractivity contribution in [3.63, 3.8) is 0 Å². The number of aromatic nitrogens is 2. The Morgan fingerprint density at radius 1 is 1.12 bits per heavy atom. The second-order valence-corrected chi connectivity index (χ2v) is 4.63. The largest absolute Gasteiger partial charge is 0.384 e. The van der Waals surface area contributed by atoms with Crippen LogP contribution in [0.25, 0.3) is 0 Å². The van der Waals surface area contributed by atoms with E-state index >= 15 is 0 Å². The summed E-state index contributed by atoms with van der Waals surface area (Å²) in [5.74, 6) is 0. The summed E-state index contributed by atoms with van der Waals surface area (Å²) in [6.07, 6.45) is 1.14. The summed E-state index contributed by atoms with van der Waals surface area (Å²) in [4.78, 5) is 0. The van der Waals surface area contributed by atoms with Crippen molar-refractivity contribution in [1.82, 2.24) is 9.78 Å². The van der Waals surface area contributed by atoms with Gasteiger partial charge in [-0.25, -0.2) is 0 Å². The number of aliphatic hydroxyl groups is 1. The lowest BCUT2D eigenvalue weighted by Gasteiger charge is -2.12. The van der Waals surface area contributed by atoms with Gasteiger partial charge in [0.05, 0.1) is 6.20 Å². The molecular formula is C14H18N2O. The van der Waals surface area contributed by atoms with Crippen molar-refractivity contribution >= 4 is 0 Å². The molecule has 1 aromatic carbocycles. The molecule has 0 fully saturated rings. The van der Waals surface area contributed by atoms with E-state index in [9.17, 15) is 5.11 Å². The highest BCUT2D eigenvalue weighted by Crippen LogP contribution is 2.25. The molecule has 17 heavy (non-hydrogen) atoms. The maximum Gasteiger partial charge on any atom is 0.107 e. The van der Waals surface area contributed by atoms with Crippen LogP contribution in [0, 0.1) is 20.8 Å². The fourth-order valence-electron chi connectivity index (χ4n) is 2.13. The molecule has 0 aliphatic heterocycles. The molecule has 3 heteroatoms. The first kappa shape index (κ1) is 11.9. The van der Waals surface area contributed by atoms with E-state index in [4.69, 9.17) is 0 Å². The topological polar surface area (TPSA) is 38.1 Å². The SMILES string of the molecule is Cc1cc(C)cc(C(O)c2cnn(C)c2C)c1. The van der Waals surface area contributed by atoms with Gasteiger partial charge in [0.1, 0.15) is 6.10 Å². The summed E-state index contributed by atoms with van der Waals surface area (Å²) >= 11 is 0. The van der Waals surface area contributed by atoms with Crippen LogP contribution >= 0.6 is 0 Å². The normalized spacial score (nSPS) is 12.8. The summed E-state index contributed by atoms with van der Waals surface area (Å²) in [6.45, 7) is 6.05. The number of aryl methyl sites for hydroxylation is 3. The second-order valence-electron chi connectivity index (χ2n) is 4.63. The van der Waals surface area contributed by atoms with Crippen molar-refractivity contribution in [3.8, 4) is 0 Å². The highest BCUT2D eigenvalue weighted by molar-refractivity contribution is 5.36. The highest BCUT2D eigenvalue weighted by atomic mass is 16.3. The van der Waals surface area contributed by atoms with E-state index in [1.54, 1.807) is 10.9 Å². The molecule has 90 valence electrons. The zero-order valence-electron chi connectivity index (χ0n) is 10.7. The molecule has 0 spiro atoms. The lowest BCUT2D eigenvalue weighted by atomic mass is 9.98. The van der Waals surface area contributed by atoms with Gasteiger partial charge in [0.15, 0.2) is 0 Å². The third-order valence-corrected chi connectivity index (χ3v) is 3.13. The molecule has 1 unspecified atom stereocenters. The minimum Gasteiger partial charge on any atom is -0.384 e. The predicted octanol–water partition coefficient (Wildman–Crippen LogP) is 2.43. The van der Waals surface area contributed by atoms with Gasteiger partial charge in [0.2, 0.25) is 0 Å². The van der Waals surface area contributed by atoms with Gasteiger partial charge < -0.3 is 5.11 Å². The number of benzene rings is 1. The van der Waals surface area contributed by atoms with Crippen molar-refractivity contribution < 1.29 is 5.11 Å². The van der Waals surface area contributed by atoms with Crippen LogP contribution < -0.4 is 0 Å². The maximum atomic E-state index is 10.4. The van der Waals surface area contributed by atoms with E-state index in [2.05, 4.69) is 11.2 Å². The minimum absolute atomic E-state index is 0.595. The molecule has 2 rings (SSSR count). The Morgan fingerprint density at radius 2 is 1.71 bits per heavy atom. The van der Waals surface area contributed by atoms with Crippen LogP contribution in [-0.2, 0) is 7.05 Å². The van der Waals surface area contributed by atoms with Crippen LogP contribution in [0.3, 0.4) is 0 Å². The fraction of sp³-hybridized carbons (Fsp3) is 0.357. The van der Waals surface area contributed by atoms with Crippen molar-refractivity contribution in [2.45, 2.75) is 26.9 Å². The Labute approximate surface area is 102 Å². The first-order chi connectivity index (χ1) is 7.99. The van der Waals surface area contributed by atoms with E-state index in [0.29, 0.717) is 0 Å². The Balaban J connectivity index is 2.43. The highest BCUT2D eigenvalue weighted by Gasteiger charge is 2.16. The zero-order chi connectivity index (χ0) is 12.6. The van der Waals surface area contributed by atoms with E-state index in [1.165, 1.54) is 11.1 Å². The summed E-state index contributed by atoms with van der Waals surface area (Å²) in [5.41, 5.74) is 5.13. The summed E-state index contributed by atoms with van der Waals surface area (Å²) in [6, 6.07) is 6.14. The Bertz CT molecular complexity index is 523. The van der Waals surface area contributed by atoms with Crippen molar-refractivity contribution in [2.75, 3.05) is 0 Å². The number of hydrogen-bond acceptors (Lipinski definition) is 2. The number of aliphatic hydroxyl groups excluding tert-OH is 1. The summed E-state index contributed by atoms with van der Waals surface area (Å²) in [7, 11) is 1.88. The third kappa shape index (κ3) is 2.24. The predicted molar refractivity (Wildman–Crippen MR) is 67.9 cm³/mol. The van der Waals surface area contributed by atoms with E-state index < -0.39 is 6.10 Å². The molecule has 0 amide bonds. The van der Waals surface area contributed by atoms with E-state index in [0.717, 1.165) is 16.8 Å². The van der Waals surface area contributed by atoms with Gasteiger partial charge in [-0.3, -0.25) is 4.68 Å². The molecule has 1 heterocycles. The maximum absolute atomic E-state index is 10.4. The second kappa shape index (κ2) is 4.34. The van der Waals surface area contributed by atoms with Crippen LogP contribution in [0.5, 0.6) is 0 Å². The number of rotatable bonds is 2. The van der Waals surface area contributed by atoms with Crippen LogP contribution in [-0.4, -0.2) is 14.9 Å². The molecular weight excluding hydrogens is 212 g/mol. The molecule has 2 aromatic rings. The van der Waals surface area contributed by atoms with Crippen LogP contribution in [0.2, 0.25) is 0 Å². The molecule has 0 saturated carbocycles. The van der Waals surface area contributed by atoms with Crippen LogP contribution in [0.15, 0.2) is 24.4 Å². The van der Waals surface area contributed by atoms with Crippen LogP contribution in [0.1, 0.15) is 34.1 Å². The van der Waals surface area contributed by atoms with Crippen molar-refractivity contribution in [2.24, 2.45) is 7.05 Å². The van der Waals surface area contributed by atoms with Gasteiger partial charge >= 0.3 is 0 Å². The zero-order valence-corrected chi connectivity index (χ0v) is 10.7. The average Bonchev–Trinajstić information content (AvgIpc) is 2.57. The standard InChI is InChI=1S/C14H18N2O/c1-9-5-10(2)7-12(6-9)14(17)13-8-15-16(4)11(13)3/h5-8,14,17H,1-4H3. The molecule has 0 radical (unpaired) electrons. The van der Waals surface area contributed by atoms with E-state index in [-0.39, 0.29) is 0 Å². The van der Waals surface area contributed by atoms with Gasteiger partial charge in [-0.15, -0.1) is 0 Å². The Morgan fingerprint density at radius 3 is 2.18 bits per heavy atom. The molecule has 1 N–H and O–H groups in total. The first-order valence-corrected chi connectivity index (χ1v) is 5.74. The smallest absolute Gasteiger partial charge is 0.107 e. The van der Waals surface area contributed by atoms with Gasteiger partial charge in [-0.2, -0.15) is 5.10 Å². The molecule has 0 aliphatic carbocycles. The van der Waals surface area contributed by atoms with Gasteiger partial charge in [-0.05, 0) is 26.3 Å².